The zero-order valence-electron chi connectivity index (χ0n) is 19.1. The van der Waals surface area contributed by atoms with Crippen molar-refractivity contribution in [2.75, 3.05) is 12.0 Å². The third kappa shape index (κ3) is 4.47. The van der Waals surface area contributed by atoms with Gasteiger partial charge < -0.3 is 19.4 Å². The topological polar surface area (TPSA) is 67.6 Å². The molecule has 1 saturated heterocycles. The molecule has 0 spiro atoms. The fourth-order valence-corrected chi connectivity index (χ4v) is 4.85. The van der Waals surface area contributed by atoms with Gasteiger partial charge in [0.1, 0.15) is 17.6 Å². The van der Waals surface area contributed by atoms with Gasteiger partial charge in [-0.2, -0.15) is 0 Å². The lowest BCUT2D eigenvalue weighted by atomic mass is 10.0. The van der Waals surface area contributed by atoms with E-state index >= 15 is 0 Å². The number of esters is 1. The van der Waals surface area contributed by atoms with Gasteiger partial charge in [0, 0.05) is 21.9 Å². The molecule has 2 aromatic carbocycles. The number of pyridine rings is 1. The van der Waals surface area contributed by atoms with Crippen LogP contribution in [0.3, 0.4) is 0 Å². The van der Waals surface area contributed by atoms with E-state index < -0.39 is 0 Å². The van der Waals surface area contributed by atoms with Gasteiger partial charge in [0.15, 0.2) is 5.11 Å². The number of benzene rings is 2. The molecular weight excluding hydrogens is 526 g/mol. The molecule has 0 unspecified atom stereocenters. The number of halogens is 1. The van der Waals surface area contributed by atoms with Gasteiger partial charge in [-0.15, -0.1) is 0 Å². The van der Waals surface area contributed by atoms with Crippen molar-refractivity contribution in [2.24, 2.45) is 0 Å². The van der Waals surface area contributed by atoms with Crippen LogP contribution in [-0.2, 0) is 4.74 Å². The molecule has 1 N–H and O–H groups in total. The van der Waals surface area contributed by atoms with E-state index in [1.165, 1.54) is 7.11 Å². The number of nitrogens with one attached hydrogen (secondary N) is 1. The second-order valence-electron chi connectivity index (χ2n) is 8.20. The van der Waals surface area contributed by atoms with Crippen LogP contribution < -0.4 is 10.2 Å². The van der Waals surface area contributed by atoms with E-state index in [1.807, 2.05) is 61.5 Å². The Balaban J connectivity index is 1.55. The number of methoxy groups -OCH3 is 1. The molecule has 5 rings (SSSR count). The maximum Gasteiger partial charge on any atom is 0.337 e. The summed E-state index contributed by atoms with van der Waals surface area (Å²) in [6.45, 7) is 2.05. The Morgan fingerprint density at radius 1 is 1.11 bits per heavy atom. The van der Waals surface area contributed by atoms with Gasteiger partial charge in [0.05, 0.1) is 24.4 Å². The number of ether oxygens (including phenoxy) is 1. The second kappa shape index (κ2) is 9.64. The molecule has 1 aliphatic heterocycles. The number of carbonyl (C=O) groups excluding carboxylic acids is 1. The lowest BCUT2D eigenvalue weighted by Crippen LogP contribution is -2.29. The van der Waals surface area contributed by atoms with E-state index in [2.05, 4.69) is 37.2 Å². The van der Waals surface area contributed by atoms with Crippen LogP contribution >= 0.6 is 28.1 Å². The van der Waals surface area contributed by atoms with Gasteiger partial charge in [0.25, 0.3) is 0 Å². The van der Waals surface area contributed by atoms with Crippen LogP contribution in [0.25, 0.3) is 11.3 Å². The number of thiocarbonyl (C=S) groups is 1. The van der Waals surface area contributed by atoms with Crippen molar-refractivity contribution in [3.8, 4) is 11.3 Å². The van der Waals surface area contributed by atoms with Gasteiger partial charge >= 0.3 is 5.97 Å². The van der Waals surface area contributed by atoms with Crippen LogP contribution in [0.5, 0.6) is 0 Å². The molecule has 4 aromatic rings. The predicted molar refractivity (Wildman–Crippen MR) is 142 cm³/mol. The zero-order valence-corrected chi connectivity index (χ0v) is 21.5. The van der Waals surface area contributed by atoms with Crippen molar-refractivity contribution in [2.45, 2.75) is 19.0 Å². The standard InChI is InChI=1S/C27H22BrN3O3S/c1-16-15-19(10-11-20(16)28)31-25(24(30-27(31)35)21-5-3-4-14-29-21)23-13-12-22(34-23)17-6-8-18(9-7-17)26(32)33-2/h3-15,24-25H,1-2H3,(H,30,35)/t24-,25+/m0/s1. The molecular formula is C27H22BrN3O3S. The van der Waals surface area contributed by atoms with Crippen molar-refractivity contribution in [1.82, 2.24) is 10.3 Å². The minimum Gasteiger partial charge on any atom is -0.465 e. The first-order valence-corrected chi connectivity index (χ1v) is 12.2. The summed E-state index contributed by atoms with van der Waals surface area (Å²) in [4.78, 5) is 18.4. The summed E-state index contributed by atoms with van der Waals surface area (Å²) in [5, 5.41) is 4.05. The van der Waals surface area contributed by atoms with Crippen molar-refractivity contribution in [1.29, 1.82) is 0 Å². The van der Waals surface area contributed by atoms with Gasteiger partial charge in [-0.05, 0) is 79.3 Å². The van der Waals surface area contributed by atoms with E-state index in [0.29, 0.717) is 16.4 Å². The summed E-state index contributed by atoms with van der Waals surface area (Å²) in [7, 11) is 1.37. The molecule has 35 heavy (non-hydrogen) atoms. The Hall–Kier alpha value is -3.49. The first kappa shape index (κ1) is 23.3. The van der Waals surface area contributed by atoms with E-state index in [0.717, 1.165) is 32.7 Å². The lowest BCUT2D eigenvalue weighted by molar-refractivity contribution is 0.0600. The molecule has 3 heterocycles. The molecule has 0 radical (unpaired) electrons. The van der Waals surface area contributed by atoms with Gasteiger partial charge in [-0.3, -0.25) is 4.98 Å². The van der Waals surface area contributed by atoms with Crippen LogP contribution in [-0.4, -0.2) is 23.2 Å². The molecule has 0 saturated carbocycles. The number of aryl methyl sites for hydroxylation is 1. The minimum absolute atomic E-state index is 0.201. The summed E-state index contributed by atoms with van der Waals surface area (Å²) in [5.41, 5.74) is 4.29. The highest BCUT2D eigenvalue weighted by molar-refractivity contribution is 9.10. The van der Waals surface area contributed by atoms with Crippen LogP contribution in [0.4, 0.5) is 5.69 Å². The fraction of sp³-hybridized carbons (Fsp3) is 0.148. The molecule has 2 aromatic heterocycles. The highest BCUT2D eigenvalue weighted by atomic mass is 79.9. The molecule has 0 bridgehead atoms. The third-order valence-corrected chi connectivity index (χ3v) is 7.23. The van der Waals surface area contributed by atoms with Crippen LogP contribution in [0.2, 0.25) is 0 Å². The van der Waals surface area contributed by atoms with Gasteiger partial charge in [0.2, 0.25) is 0 Å². The van der Waals surface area contributed by atoms with Crippen LogP contribution in [0, 0.1) is 6.92 Å². The lowest BCUT2D eigenvalue weighted by Gasteiger charge is -2.26. The van der Waals surface area contributed by atoms with Crippen molar-refractivity contribution >= 4 is 44.9 Å². The monoisotopic (exact) mass is 547 g/mol. The molecule has 8 heteroatoms. The molecule has 1 fully saturated rings. The second-order valence-corrected chi connectivity index (χ2v) is 9.44. The first-order valence-electron chi connectivity index (χ1n) is 11.0. The summed E-state index contributed by atoms with van der Waals surface area (Å²) >= 11 is 9.38. The molecule has 0 aliphatic carbocycles. The van der Waals surface area contributed by atoms with Gasteiger partial charge in [-0.1, -0.05) is 34.1 Å². The van der Waals surface area contributed by atoms with E-state index in [4.69, 9.17) is 21.4 Å². The first-order chi connectivity index (χ1) is 17.0. The highest BCUT2D eigenvalue weighted by Crippen LogP contribution is 2.43. The van der Waals surface area contributed by atoms with Crippen molar-refractivity contribution < 1.29 is 13.9 Å². The Morgan fingerprint density at radius 2 is 1.91 bits per heavy atom. The number of hydrogen-bond acceptors (Lipinski definition) is 5. The number of furan rings is 1. The van der Waals surface area contributed by atoms with Gasteiger partial charge in [-0.25, -0.2) is 4.79 Å². The number of hydrogen-bond donors (Lipinski definition) is 1. The number of anilines is 1. The average Bonchev–Trinajstić information content (AvgIpc) is 3.50. The largest absolute Gasteiger partial charge is 0.465 e. The smallest absolute Gasteiger partial charge is 0.337 e. The summed E-state index contributed by atoms with van der Waals surface area (Å²) in [6, 6.07) is 22.6. The predicted octanol–water partition coefficient (Wildman–Crippen LogP) is 6.38. The van der Waals surface area contributed by atoms with Crippen LogP contribution in [0.15, 0.2) is 87.9 Å². The number of aromatic nitrogens is 1. The molecule has 0 amide bonds. The minimum atomic E-state index is -0.374. The summed E-state index contributed by atoms with van der Waals surface area (Å²) in [6.07, 6.45) is 1.78. The average molecular weight is 548 g/mol. The Morgan fingerprint density at radius 3 is 2.60 bits per heavy atom. The highest BCUT2D eigenvalue weighted by Gasteiger charge is 2.42. The van der Waals surface area contributed by atoms with Crippen molar-refractivity contribution in [3.63, 3.8) is 0 Å². The van der Waals surface area contributed by atoms with E-state index in [1.54, 1.807) is 18.3 Å². The van der Waals surface area contributed by atoms with E-state index in [-0.39, 0.29) is 18.1 Å². The summed E-state index contributed by atoms with van der Waals surface area (Å²) < 4.78 is 12.2. The molecule has 2 atom stereocenters. The molecule has 6 nitrogen and oxygen atoms in total. The van der Waals surface area contributed by atoms with E-state index in [9.17, 15) is 4.79 Å². The maximum atomic E-state index is 11.8. The molecule has 176 valence electrons. The number of rotatable bonds is 5. The summed E-state index contributed by atoms with van der Waals surface area (Å²) in [5.74, 6) is 1.07. The number of carbonyl (C=O) groups is 1. The Kier molecular flexibility index (Phi) is 6.40. The Bertz CT molecular complexity index is 1390. The molecule has 1 aliphatic rings. The Labute approximate surface area is 217 Å². The maximum absolute atomic E-state index is 11.8. The van der Waals surface area contributed by atoms with Crippen molar-refractivity contribution in [3.05, 3.63) is 106 Å². The third-order valence-electron chi connectivity index (χ3n) is 6.03. The zero-order chi connectivity index (χ0) is 24.5. The SMILES string of the molecule is COC(=O)c1ccc(-c2ccc([C@@H]3[C@H](c4ccccn4)NC(=S)N3c3ccc(Br)c(C)c3)o2)cc1. The quantitative estimate of drug-likeness (QED) is 0.230. The fourth-order valence-electron chi connectivity index (χ4n) is 4.26. The van der Waals surface area contributed by atoms with Crippen LogP contribution in [0.1, 0.15) is 39.5 Å². The normalized spacial score (nSPS) is 17.3. The number of nitrogens with zero attached hydrogens (tertiary/aromatic N) is 2.